The number of hydrogen-bond donors (Lipinski definition) is 0. The molecule has 17 rings (SSSR count). The lowest BCUT2D eigenvalue weighted by Gasteiger charge is -2.31. The van der Waals surface area contributed by atoms with Gasteiger partial charge in [-0.3, -0.25) is 0 Å². The first-order chi connectivity index (χ1) is 70.8. The molecule has 0 aromatic heterocycles. The molecule has 8 heteroatoms. The van der Waals surface area contributed by atoms with Gasteiger partial charge in [-0.2, -0.15) is 0 Å². The fraction of sp³-hybridized carbons (Fsp3) is 0.250. The molecule has 17 aromatic rings. The molecule has 0 saturated heterocycles. The van der Waals surface area contributed by atoms with Crippen molar-refractivity contribution in [2.75, 3.05) is 39.2 Å². The van der Waals surface area contributed by atoms with Crippen molar-refractivity contribution in [2.24, 2.45) is 0 Å². The Labute approximate surface area is 861 Å². The summed E-state index contributed by atoms with van der Waals surface area (Å²) < 4.78 is 0. The summed E-state index contributed by atoms with van der Waals surface area (Å²) in [5.41, 5.74) is 39.2. The minimum absolute atomic E-state index is 1.02. The fourth-order valence-corrected chi connectivity index (χ4v) is 19.8. The highest BCUT2D eigenvalue weighted by molar-refractivity contribution is 5.90. The van der Waals surface area contributed by atoms with Crippen molar-refractivity contribution >= 4 is 136 Å². The standard InChI is InChI=1S/C136H146N8/c1-11-19-27-105-39-59-115(60-40-105)139(116-61-41-106(42-62-116)28-20-12-2)127-83-75-123(76-84-127)137(113-55-35-103(9)36-56-113)124-77-91-131(92-78-124)143(134-97-85-128(86-98-134)140(117-63-43-107(44-64-117)29-21-13-3)118-65-45-108(46-66-118)30-22-14-4)132-93-79-125(80-94-132)138(114-57-37-104(10)38-58-114)126-81-95-133(96-82-126)144(135-99-87-129(88-100-135)141(119-67-47-109(48-68-119)31-23-15-5)120-69-49-110(50-70-120)32-24-16-6)136-101-89-130(90-102-136)142(121-71-51-111(52-72-121)33-25-17-7)122-73-53-112(54-74-122)34-26-18-8/h35-102H,11-34H2,1-10H3. The van der Waals surface area contributed by atoms with E-state index in [1.165, 1.54) is 120 Å². The molecule has 0 aliphatic heterocycles. The van der Waals surface area contributed by atoms with Gasteiger partial charge in [-0.05, 0) is 452 Å². The molecule has 144 heavy (non-hydrogen) atoms. The number of benzene rings is 17. The predicted octanol–water partition coefficient (Wildman–Crippen LogP) is 40.8. The molecule has 730 valence electrons. The third-order valence-electron chi connectivity index (χ3n) is 28.3. The molecule has 8 nitrogen and oxygen atoms in total. The first kappa shape index (κ1) is 101. The van der Waals surface area contributed by atoms with Crippen LogP contribution in [0.25, 0.3) is 0 Å². The van der Waals surface area contributed by atoms with Crippen LogP contribution in [0.3, 0.4) is 0 Å². The van der Waals surface area contributed by atoms with E-state index in [4.69, 9.17) is 0 Å². The van der Waals surface area contributed by atoms with E-state index in [1.807, 2.05) is 0 Å². The van der Waals surface area contributed by atoms with Crippen molar-refractivity contribution in [1.29, 1.82) is 0 Å². The molecule has 0 saturated carbocycles. The summed E-state index contributed by atoms with van der Waals surface area (Å²) in [6.45, 7) is 22.5. The van der Waals surface area contributed by atoms with E-state index in [9.17, 15) is 0 Å². The zero-order valence-electron chi connectivity index (χ0n) is 86.8. The van der Waals surface area contributed by atoms with Gasteiger partial charge in [0.15, 0.2) is 0 Å². The van der Waals surface area contributed by atoms with Crippen molar-refractivity contribution in [3.05, 3.63) is 468 Å². The molecular formula is C136H146N8. The van der Waals surface area contributed by atoms with E-state index in [0.717, 1.165) is 226 Å². The Morgan fingerprint density at radius 2 is 0.174 bits per heavy atom. The number of hydrogen-bond acceptors (Lipinski definition) is 8. The van der Waals surface area contributed by atoms with Crippen LogP contribution in [0, 0.1) is 13.8 Å². The van der Waals surface area contributed by atoms with Gasteiger partial charge in [0.1, 0.15) is 0 Å². The molecule has 0 bridgehead atoms. The van der Waals surface area contributed by atoms with E-state index in [-0.39, 0.29) is 0 Å². The van der Waals surface area contributed by atoms with E-state index >= 15 is 0 Å². The van der Waals surface area contributed by atoms with Crippen LogP contribution in [-0.4, -0.2) is 0 Å². The molecular weight excluding hydrogens is 1750 g/mol. The molecule has 0 N–H and O–H groups in total. The van der Waals surface area contributed by atoms with Crippen molar-refractivity contribution < 1.29 is 0 Å². The Balaban J connectivity index is 0.755. The largest absolute Gasteiger partial charge is 0.311 e. The smallest absolute Gasteiger partial charge is 0.0463 e. The summed E-state index contributed by atoms with van der Waals surface area (Å²) in [4.78, 5) is 19.3. The Hall–Kier alpha value is -14.9. The predicted molar refractivity (Wildman–Crippen MR) is 622 cm³/mol. The summed E-state index contributed by atoms with van der Waals surface area (Å²) in [5, 5.41) is 0. The zero-order chi connectivity index (χ0) is 99.3. The van der Waals surface area contributed by atoms with Crippen LogP contribution in [0.5, 0.6) is 0 Å². The normalized spacial score (nSPS) is 11.2. The first-order valence-corrected chi connectivity index (χ1v) is 53.8. The molecule has 0 atom stereocenters. The Bertz CT molecular complexity index is 6380. The Kier molecular flexibility index (Phi) is 35.1. The van der Waals surface area contributed by atoms with Crippen molar-refractivity contribution in [3.63, 3.8) is 0 Å². The fourth-order valence-electron chi connectivity index (χ4n) is 19.8. The van der Waals surface area contributed by atoms with Crippen LogP contribution in [0.2, 0.25) is 0 Å². The minimum Gasteiger partial charge on any atom is -0.311 e. The molecule has 0 amide bonds. The molecule has 17 aromatic carbocycles. The van der Waals surface area contributed by atoms with E-state index in [2.05, 4.69) is 521 Å². The maximum absolute atomic E-state index is 2.42. The quantitative estimate of drug-likeness (QED) is 0.0372. The van der Waals surface area contributed by atoms with Gasteiger partial charge in [-0.15, -0.1) is 0 Å². The van der Waals surface area contributed by atoms with E-state index < -0.39 is 0 Å². The SMILES string of the molecule is CCCCc1ccc(N(c2ccc(CCCC)cc2)c2ccc(N(c3ccc(C)cc3)c3ccc(N(c4ccc(N(c5ccc(CCCC)cc5)c5ccc(CCCC)cc5)cc4)c4ccc(N(c5ccc(C)cc5)c5ccc(N(c6ccc(N(c7ccc(CCCC)cc7)c7ccc(CCCC)cc7)cc6)c6ccc(N(c7ccc(CCCC)cc7)c7ccc(CCCC)cc7)cc6)cc5)cc4)cc3)cc2)cc1. The third kappa shape index (κ3) is 25.2. The van der Waals surface area contributed by atoms with Crippen LogP contribution in [0.1, 0.15) is 214 Å². The lowest BCUT2D eigenvalue weighted by atomic mass is 10.1. The van der Waals surface area contributed by atoms with Crippen molar-refractivity contribution in [2.45, 2.75) is 223 Å². The molecule has 0 unspecified atom stereocenters. The minimum atomic E-state index is 1.02. The molecule has 0 radical (unpaired) electrons. The van der Waals surface area contributed by atoms with Crippen LogP contribution in [0.15, 0.2) is 413 Å². The first-order valence-electron chi connectivity index (χ1n) is 53.8. The van der Waals surface area contributed by atoms with Crippen LogP contribution in [-0.2, 0) is 51.4 Å². The van der Waals surface area contributed by atoms with Gasteiger partial charge in [0.05, 0.1) is 0 Å². The second kappa shape index (κ2) is 50.2. The summed E-state index contributed by atoms with van der Waals surface area (Å²) in [6, 6.07) is 156. The summed E-state index contributed by atoms with van der Waals surface area (Å²) in [7, 11) is 0. The highest BCUT2D eigenvalue weighted by Gasteiger charge is 2.26. The topological polar surface area (TPSA) is 25.9 Å². The monoisotopic (exact) mass is 1890 g/mol. The second-order valence-corrected chi connectivity index (χ2v) is 39.1. The number of unbranched alkanes of at least 4 members (excludes halogenated alkanes) is 8. The third-order valence-corrected chi connectivity index (χ3v) is 28.3. The van der Waals surface area contributed by atoms with Crippen molar-refractivity contribution in [3.8, 4) is 0 Å². The zero-order valence-corrected chi connectivity index (χ0v) is 86.8. The highest BCUT2D eigenvalue weighted by atomic mass is 15.2. The number of anilines is 24. The Morgan fingerprint density at radius 3 is 0.250 bits per heavy atom. The van der Waals surface area contributed by atoms with E-state index in [1.54, 1.807) is 0 Å². The van der Waals surface area contributed by atoms with Crippen LogP contribution < -0.4 is 39.2 Å². The maximum atomic E-state index is 2.42. The van der Waals surface area contributed by atoms with Gasteiger partial charge in [-0.25, -0.2) is 0 Å². The molecule has 0 fully saturated rings. The average Bonchev–Trinajstić information content (AvgIpc) is 0.790. The Morgan fingerprint density at radius 1 is 0.104 bits per heavy atom. The molecule has 0 heterocycles. The van der Waals surface area contributed by atoms with Gasteiger partial charge in [0.25, 0.3) is 0 Å². The lowest BCUT2D eigenvalue weighted by Crippen LogP contribution is -2.14. The van der Waals surface area contributed by atoms with Gasteiger partial charge in [-0.1, -0.05) is 239 Å². The summed E-state index contributed by atoms with van der Waals surface area (Å²) in [6.07, 6.45) is 27.3. The van der Waals surface area contributed by atoms with Crippen LogP contribution in [0.4, 0.5) is 136 Å². The lowest BCUT2D eigenvalue weighted by molar-refractivity contribution is 0.795. The maximum Gasteiger partial charge on any atom is 0.0463 e. The van der Waals surface area contributed by atoms with Crippen molar-refractivity contribution in [1.82, 2.24) is 0 Å². The molecule has 0 spiro atoms. The molecule has 0 aliphatic carbocycles. The average molecular weight is 1890 g/mol. The van der Waals surface area contributed by atoms with Gasteiger partial charge >= 0.3 is 0 Å². The summed E-state index contributed by atoms with van der Waals surface area (Å²) in [5.74, 6) is 0. The van der Waals surface area contributed by atoms with Gasteiger partial charge in [0.2, 0.25) is 0 Å². The van der Waals surface area contributed by atoms with Gasteiger partial charge in [0, 0.05) is 136 Å². The number of aryl methyl sites for hydroxylation is 10. The summed E-state index contributed by atoms with van der Waals surface area (Å²) >= 11 is 0. The van der Waals surface area contributed by atoms with Crippen LogP contribution >= 0.6 is 0 Å². The highest BCUT2D eigenvalue weighted by Crippen LogP contribution is 2.49. The number of nitrogens with zero attached hydrogens (tertiary/aromatic N) is 8. The molecule has 0 aliphatic rings. The van der Waals surface area contributed by atoms with E-state index in [0.29, 0.717) is 0 Å². The second-order valence-electron chi connectivity index (χ2n) is 39.1. The number of rotatable bonds is 48. The van der Waals surface area contributed by atoms with Gasteiger partial charge < -0.3 is 39.2 Å².